The standard InChI is InChI=1S/C13H22N2O5S/c16-12(7-10-9-21(19,20)6-5-14-10)15(8-13(17)18)11-3-1-2-4-11/h10-11,14H,1-9H2,(H,17,18). The number of aliphatic carboxylic acids is 1. The lowest BCUT2D eigenvalue weighted by Gasteiger charge is -2.30. The maximum Gasteiger partial charge on any atom is 0.323 e. The van der Waals surface area contributed by atoms with Gasteiger partial charge in [0.15, 0.2) is 9.84 Å². The normalized spacial score (nSPS) is 25.6. The number of carbonyl (C=O) groups is 2. The molecule has 2 fully saturated rings. The molecule has 2 rings (SSSR count). The van der Waals surface area contributed by atoms with Crippen molar-refractivity contribution in [1.29, 1.82) is 0 Å². The van der Waals surface area contributed by atoms with Crippen molar-refractivity contribution in [3.8, 4) is 0 Å². The molecule has 1 atom stereocenters. The van der Waals surface area contributed by atoms with E-state index in [4.69, 9.17) is 5.11 Å². The van der Waals surface area contributed by atoms with E-state index in [0.29, 0.717) is 6.54 Å². The highest BCUT2D eigenvalue weighted by atomic mass is 32.2. The average molecular weight is 318 g/mol. The van der Waals surface area contributed by atoms with E-state index >= 15 is 0 Å². The van der Waals surface area contributed by atoms with Gasteiger partial charge < -0.3 is 15.3 Å². The minimum absolute atomic E-state index is 0.0196. The number of nitrogens with one attached hydrogen (secondary N) is 1. The first kappa shape index (κ1) is 16.2. The van der Waals surface area contributed by atoms with Crippen LogP contribution in [-0.2, 0) is 19.4 Å². The summed E-state index contributed by atoms with van der Waals surface area (Å²) in [5, 5.41) is 12.0. The Labute approximate surface area is 124 Å². The van der Waals surface area contributed by atoms with Gasteiger partial charge in [0.25, 0.3) is 0 Å². The van der Waals surface area contributed by atoms with Gasteiger partial charge in [0.05, 0.1) is 11.5 Å². The van der Waals surface area contributed by atoms with Crippen LogP contribution in [0.15, 0.2) is 0 Å². The number of carboxylic acid groups (broad SMARTS) is 1. The van der Waals surface area contributed by atoms with Crippen LogP contribution in [0.2, 0.25) is 0 Å². The van der Waals surface area contributed by atoms with E-state index in [9.17, 15) is 18.0 Å². The van der Waals surface area contributed by atoms with E-state index in [-0.39, 0.29) is 36.4 Å². The van der Waals surface area contributed by atoms with E-state index < -0.39 is 21.8 Å². The van der Waals surface area contributed by atoms with Crippen LogP contribution in [0.3, 0.4) is 0 Å². The molecule has 2 aliphatic rings. The number of carbonyl (C=O) groups excluding carboxylic acids is 1. The lowest BCUT2D eigenvalue weighted by Crippen LogP contribution is -2.50. The van der Waals surface area contributed by atoms with E-state index in [1.807, 2.05) is 0 Å². The zero-order valence-corrected chi connectivity index (χ0v) is 12.8. The maximum absolute atomic E-state index is 12.4. The van der Waals surface area contributed by atoms with Crippen LogP contribution >= 0.6 is 0 Å². The molecule has 8 heteroatoms. The van der Waals surface area contributed by atoms with Gasteiger partial charge in [-0.15, -0.1) is 0 Å². The molecule has 0 aromatic rings. The highest BCUT2D eigenvalue weighted by Crippen LogP contribution is 2.24. The van der Waals surface area contributed by atoms with E-state index in [1.54, 1.807) is 0 Å². The Bertz CT molecular complexity index is 499. The fourth-order valence-corrected chi connectivity index (χ4v) is 4.55. The minimum Gasteiger partial charge on any atom is -0.480 e. The Morgan fingerprint density at radius 1 is 1.24 bits per heavy atom. The molecule has 1 heterocycles. The van der Waals surface area contributed by atoms with E-state index in [1.165, 1.54) is 4.90 Å². The predicted molar refractivity (Wildman–Crippen MR) is 76.7 cm³/mol. The number of rotatable bonds is 5. The lowest BCUT2D eigenvalue weighted by atomic mass is 10.1. The van der Waals surface area contributed by atoms with Crippen molar-refractivity contribution in [3.63, 3.8) is 0 Å². The monoisotopic (exact) mass is 318 g/mol. The Balaban J connectivity index is 1.98. The van der Waals surface area contributed by atoms with Crippen molar-refractivity contribution in [3.05, 3.63) is 0 Å². The first-order chi connectivity index (χ1) is 9.87. The van der Waals surface area contributed by atoms with Crippen molar-refractivity contribution in [2.45, 2.75) is 44.2 Å². The van der Waals surface area contributed by atoms with Crippen molar-refractivity contribution in [2.24, 2.45) is 0 Å². The van der Waals surface area contributed by atoms with Crippen LogP contribution < -0.4 is 5.32 Å². The molecule has 0 aromatic heterocycles. The average Bonchev–Trinajstić information content (AvgIpc) is 2.87. The molecule has 7 nitrogen and oxygen atoms in total. The molecule has 1 saturated heterocycles. The van der Waals surface area contributed by atoms with Crippen LogP contribution in [0.1, 0.15) is 32.1 Å². The molecule has 2 N–H and O–H groups in total. The predicted octanol–water partition coefficient (Wildman–Crippen LogP) is -0.381. The van der Waals surface area contributed by atoms with Gasteiger partial charge in [-0.2, -0.15) is 0 Å². The van der Waals surface area contributed by atoms with Gasteiger partial charge in [0.1, 0.15) is 6.54 Å². The molecule has 1 aliphatic carbocycles. The summed E-state index contributed by atoms with van der Waals surface area (Å²) in [4.78, 5) is 24.7. The summed E-state index contributed by atoms with van der Waals surface area (Å²) in [6, 6.07) is -0.428. The quantitative estimate of drug-likeness (QED) is 0.716. The number of amides is 1. The van der Waals surface area contributed by atoms with Gasteiger partial charge in [-0.25, -0.2) is 8.42 Å². The second kappa shape index (κ2) is 6.74. The van der Waals surface area contributed by atoms with E-state index in [0.717, 1.165) is 25.7 Å². The molecule has 1 unspecified atom stereocenters. The zero-order chi connectivity index (χ0) is 15.5. The third-order valence-corrected chi connectivity index (χ3v) is 5.85. The van der Waals surface area contributed by atoms with Crippen LogP contribution in [0.5, 0.6) is 0 Å². The Morgan fingerprint density at radius 3 is 2.48 bits per heavy atom. The molecule has 1 saturated carbocycles. The highest BCUT2D eigenvalue weighted by molar-refractivity contribution is 7.91. The molecule has 1 aliphatic heterocycles. The lowest BCUT2D eigenvalue weighted by molar-refractivity contribution is -0.146. The molecule has 21 heavy (non-hydrogen) atoms. The first-order valence-corrected chi connectivity index (χ1v) is 9.14. The van der Waals surface area contributed by atoms with Crippen molar-refractivity contribution in [2.75, 3.05) is 24.6 Å². The van der Waals surface area contributed by atoms with Crippen molar-refractivity contribution >= 4 is 21.7 Å². The Hall–Kier alpha value is -1.15. The number of hydrogen-bond acceptors (Lipinski definition) is 5. The van der Waals surface area contributed by atoms with Gasteiger partial charge >= 0.3 is 5.97 Å². The Morgan fingerprint density at radius 2 is 1.90 bits per heavy atom. The summed E-state index contributed by atoms with van der Waals surface area (Å²) in [6.45, 7) is 0.0472. The molecule has 0 bridgehead atoms. The molecular formula is C13H22N2O5S. The first-order valence-electron chi connectivity index (χ1n) is 7.32. The van der Waals surface area contributed by atoms with Crippen LogP contribution in [0.25, 0.3) is 0 Å². The summed E-state index contributed by atoms with van der Waals surface area (Å²) in [6.07, 6.45) is 3.71. The fourth-order valence-electron chi connectivity index (χ4n) is 3.11. The van der Waals surface area contributed by atoms with Crippen molar-refractivity contribution in [1.82, 2.24) is 10.2 Å². The summed E-state index contributed by atoms with van der Waals surface area (Å²) in [5.41, 5.74) is 0. The van der Waals surface area contributed by atoms with Gasteiger partial charge in [-0.1, -0.05) is 12.8 Å². The smallest absolute Gasteiger partial charge is 0.323 e. The fraction of sp³-hybridized carbons (Fsp3) is 0.846. The third-order valence-electron chi connectivity index (χ3n) is 4.11. The van der Waals surface area contributed by atoms with E-state index in [2.05, 4.69) is 5.32 Å². The summed E-state index contributed by atoms with van der Waals surface area (Å²) >= 11 is 0. The maximum atomic E-state index is 12.4. The number of nitrogens with zero attached hydrogens (tertiary/aromatic N) is 1. The van der Waals surface area contributed by atoms with Crippen LogP contribution in [-0.4, -0.2) is 67.0 Å². The largest absolute Gasteiger partial charge is 0.480 e. The molecule has 120 valence electrons. The summed E-state index contributed by atoms with van der Waals surface area (Å²) in [7, 11) is -3.09. The minimum atomic E-state index is -3.09. The Kier molecular flexibility index (Phi) is 5.21. The topological polar surface area (TPSA) is 104 Å². The van der Waals surface area contributed by atoms with Gasteiger partial charge in [0, 0.05) is 25.0 Å². The molecule has 1 amide bonds. The highest BCUT2D eigenvalue weighted by Gasteiger charge is 2.32. The van der Waals surface area contributed by atoms with Crippen LogP contribution in [0.4, 0.5) is 0 Å². The molecule has 0 radical (unpaired) electrons. The number of sulfone groups is 1. The van der Waals surface area contributed by atoms with Gasteiger partial charge in [0.2, 0.25) is 5.91 Å². The third kappa shape index (κ3) is 4.67. The van der Waals surface area contributed by atoms with Crippen LogP contribution in [0, 0.1) is 0 Å². The molecule has 0 spiro atoms. The summed E-state index contributed by atoms with van der Waals surface area (Å²) in [5.74, 6) is -1.25. The molecular weight excluding hydrogens is 296 g/mol. The SMILES string of the molecule is O=C(O)CN(C(=O)CC1CS(=O)(=O)CCN1)C1CCCC1. The van der Waals surface area contributed by atoms with Gasteiger partial charge in [-0.05, 0) is 12.8 Å². The number of hydrogen-bond donors (Lipinski definition) is 2. The zero-order valence-electron chi connectivity index (χ0n) is 12.0. The second-order valence-electron chi connectivity index (χ2n) is 5.82. The second-order valence-corrected chi connectivity index (χ2v) is 8.05. The molecule has 0 aromatic carbocycles. The van der Waals surface area contributed by atoms with Gasteiger partial charge in [-0.3, -0.25) is 9.59 Å². The summed E-state index contributed by atoms with van der Waals surface area (Å²) < 4.78 is 23.2. The van der Waals surface area contributed by atoms with Crippen molar-refractivity contribution < 1.29 is 23.1 Å². The number of carboxylic acids is 1.